The molecule has 0 fully saturated rings. The lowest BCUT2D eigenvalue weighted by Crippen LogP contribution is -2.28. The van der Waals surface area contributed by atoms with Gasteiger partial charge in [0.2, 0.25) is 0 Å². The molecule has 7 heteroatoms. The molecule has 0 saturated heterocycles. The highest BCUT2D eigenvalue weighted by Crippen LogP contribution is 2.12. The Labute approximate surface area is 105 Å². The van der Waals surface area contributed by atoms with Crippen LogP contribution in [0.15, 0.2) is 18.6 Å². The van der Waals surface area contributed by atoms with Gasteiger partial charge in [0.05, 0.1) is 12.2 Å². The second-order valence-electron chi connectivity index (χ2n) is 4.22. The third-order valence-electron chi connectivity index (χ3n) is 2.71. The number of imidazole rings is 1. The fourth-order valence-electron chi connectivity index (χ4n) is 1.69. The Bertz CT molecular complexity index is 570. The molecule has 0 aliphatic carbocycles. The summed E-state index contributed by atoms with van der Waals surface area (Å²) in [4.78, 5) is 17.9. The van der Waals surface area contributed by atoms with Crippen LogP contribution in [0.1, 0.15) is 16.3 Å². The molecule has 2 N–H and O–H groups in total. The summed E-state index contributed by atoms with van der Waals surface area (Å²) >= 11 is 0. The fraction of sp³-hybridized carbons (Fsp3) is 0.364. The molecule has 0 unspecified atom stereocenters. The lowest BCUT2D eigenvalue weighted by Gasteiger charge is -2.15. The zero-order chi connectivity index (χ0) is 13.3. The number of nitrogen functional groups attached to an aromatic ring is 1. The van der Waals surface area contributed by atoms with Crippen molar-refractivity contribution in [2.24, 2.45) is 14.1 Å². The van der Waals surface area contributed by atoms with Gasteiger partial charge in [0.25, 0.3) is 5.91 Å². The van der Waals surface area contributed by atoms with E-state index in [0.29, 0.717) is 12.2 Å². The minimum atomic E-state index is -0.212. The van der Waals surface area contributed by atoms with Gasteiger partial charge in [-0.05, 0) is 0 Å². The van der Waals surface area contributed by atoms with Crippen LogP contribution in [-0.4, -0.2) is 37.2 Å². The van der Waals surface area contributed by atoms with E-state index in [0.717, 1.165) is 5.82 Å². The Morgan fingerprint density at radius 1 is 1.50 bits per heavy atom. The normalized spacial score (nSPS) is 10.6. The van der Waals surface area contributed by atoms with E-state index in [1.807, 2.05) is 17.8 Å². The molecule has 1 amide bonds. The first-order valence-electron chi connectivity index (χ1n) is 5.50. The SMILES string of the molecule is CN(Cc1nccn1C)C(=O)c1nn(C)cc1N. The highest BCUT2D eigenvalue weighted by Gasteiger charge is 2.19. The molecular weight excluding hydrogens is 232 g/mol. The molecule has 2 aromatic rings. The van der Waals surface area contributed by atoms with Crippen molar-refractivity contribution in [3.05, 3.63) is 30.1 Å². The van der Waals surface area contributed by atoms with Crippen molar-refractivity contribution in [3.63, 3.8) is 0 Å². The molecule has 0 aromatic carbocycles. The van der Waals surface area contributed by atoms with Crippen LogP contribution in [0.4, 0.5) is 5.69 Å². The lowest BCUT2D eigenvalue weighted by molar-refractivity contribution is 0.0775. The third-order valence-corrected chi connectivity index (χ3v) is 2.71. The molecule has 0 spiro atoms. The van der Waals surface area contributed by atoms with E-state index in [1.165, 1.54) is 4.68 Å². The number of hydrogen-bond donors (Lipinski definition) is 1. The van der Waals surface area contributed by atoms with E-state index < -0.39 is 0 Å². The first-order valence-corrected chi connectivity index (χ1v) is 5.50. The Kier molecular flexibility index (Phi) is 3.05. The van der Waals surface area contributed by atoms with Crippen LogP contribution in [0.3, 0.4) is 0 Å². The maximum atomic E-state index is 12.1. The average Bonchev–Trinajstić information content (AvgIpc) is 2.85. The molecule has 0 saturated carbocycles. The molecule has 7 nitrogen and oxygen atoms in total. The van der Waals surface area contributed by atoms with Crippen molar-refractivity contribution in [3.8, 4) is 0 Å². The Morgan fingerprint density at radius 3 is 2.72 bits per heavy atom. The second-order valence-corrected chi connectivity index (χ2v) is 4.22. The van der Waals surface area contributed by atoms with Crippen molar-refractivity contribution < 1.29 is 4.79 Å². The average molecular weight is 248 g/mol. The maximum absolute atomic E-state index is 12.1. The molecule has 0 aliphatic heterocycles. The first-order chi connectivity index (χ1) is 8.49. The molecule has 2 aromatic heterocycles. The van der Waals surface area contributed by atoms with Crippen LogP contribution >= 0.6 is 0 Å². The number of carbonyl (C=O) groups excluding carboxylic acids is 1. The topological polar surface area (TPSA) is 82.0 Å². The summed E-state index contributed by atoms with van der Waals surface area (Å²) in [5.74, 6) is 0.594. The molecule has 0 aliphatic rings. The number of aryl methyl sites for hydroxylation is 2. The van der Waals surface area contributed by atoms with E-state index >= 15 is 0 Å². The quantitative estimate of drug-likeness (QED) is 0.829. The van der Waals surface area contributed by atoms with E-state index in [2.05, 4.69) is 10.1 Å². The van der Waals surface area contributed by atoms with Gasteiger partial charge < -0.3 is 15.2 Å². The summed E-state index contributed by atoms with van der Waals surface area (Å²) in [5.41, 5.74) is 6.39. The fourth-order valence-corrected chi connectivity index (χ4v) is 1.69. The van der Waals surface area contributed by atoms with E-state index in [-0.39, 0.29) is 11.6 Å². The van der Waals surface area contributed by atoms with Gasteiger partial charge in [0.1, 0.15) is 5.82 Å². The number of nitrogens with two attached hydrogens (primary N) is 1. The summed E-state index contributed by atoms with van der Waals surface area (Å²) in [7, 11) is 5.31. The number of rotatable bonds is 3. The molecule has 96 valence electrons. The highest BCUT2D eigenvalue weighted by molar-refractivity contribution is 5.96. The minimum absolute atomic E-state index is 0.212. The predicted octanol–water partition coefficient (Wildman–Crippen LogP) is 0.00800. The van der Waals surface area contributed by atoms with Gasteiger partial charge in [-0.2, -0.15) is 5.10 Å². The zero-order valence-corrected chi connectivity index (χ0v) is 10.7. The molecule has 2 rings (SSSR count). The largest absolute Gasteiger partial charge is 0.396 e. The predicted molar refractivity (Wildman–Crippen MR) is 66.6 cm³/mol. The number of anilines is 1. The van der Waals surface area contributed by atoms with Crippen molar-refractivity contribution in [1.29, 1.82) is 0 Å². The highest BCUT2D eigenvalue weighted by atomic mass is 16.2. The van der Waals surface area contributed by atoms with Gasteiger partial charge in [-0.25, -0.2) is 4.98 Å². The van der Waals surface area contributed by atoms with Crippen LogP contribution in [0.5, 0.6) is 0 Å². The molecule has 2 heterocycles. The monoisotopic (exact) mass is 248 g/mol. The van der Waals surface area contributed by atoms with Gasteiger partial charge in [-0.3, -0.25) is 9.48 Å². The molecule has 0 atom stereocenters. The van der Waals surface area contributed by atoms with Gasteiger partial charge in [0.15, 0.2) is 5.69 Å². The maximum Gasteiger partial charge on any atom is 0.276 e. The Morgan fingerprint density at radius 2 is 2.22 bits per heavy atom. The van der Waals surface area contributed by atoms with Crippen LogP contribution in [0, 0.1) is 0 Å². The Balaban J connectivity index is 2.14. The van der Waals surface area contributed by atoms with E-state index in [4.69, 9.17) is 5.73 Å². The van der Waals surface area contributed by atoms with Crippen LogP contribution < -0.4 is 5.73 Å². The number of carbonyl (C=O) groups is 1. The van der Waals surface area contributed by atoms with Crippen LogP contribution in [-0.2, 0) is 20.6 Å². The van der Waals surface area contributed by atoms with Crippen molar-refractivity contribution in [1.82, 2.24) is 24.2 Å². The smallest absolute Gasteiger partial charge is 0.276 e. The zero-order valence-electron chi connectivity index (χ0n) is 10.7. The van der Waals surface area contributed by atoms with Gasteiger partial charge in [-0.1, -0.05) is 0 Å². The van der Waals surface area contributed by atoms with E-state index in [1.54, 1.807) is 31.4 Å². The number of hydrogen-bond acceptors (Lipinski definition) is 4. The second kappa shape index (κ2) is 4.52. The number of amides is 1. The molecule has 0 radical (unpaired) electrons. The van der Waals surface area contributed by atoms with Crippen molar-refractivity contribution in [2.75, 3.05) is 12.8 Å². The van der Waals surface area contributed by atoms with Crippen molar-refractivity contribution in [2.45, 2.75) is 6.54 Å². The van der Waals surface area contributed by atoms with Crippen LogP contribution in [0.25, 0.3) is 0 Å². The summed E-state index contributed by atoms with van der Waals surface area (Å²) in [6.45, 7) is 0.415. The summed E-state index contributed by atoms with van der Waals surface area (Å²) in [5, 5.41) is 4.06. The van der Waals surface area contributed by atoms with Gasteiger partial charge >= 0.3 is 0 Å². The molecular formula is C11H16N6O. The molecule has 0 bridgehead atoms. The first kappa shape index (κ1) is 12.2. The van der Waals surface area contributed by atoms with E-state index in [9.17, 15) is 4.79 Å². The Hall–Kier alpha value is -2.31. The standard InChI is InChI=1S/C11H16N6O/c1-15-5-4-13-9(15)7-16(2)11(18)10-8(12)6-17(3)14-10/h4-6H,7,12H2,1-3H3. The number of nitrogens with zero attached hydrogens (tertiary/aromatic N) is 5. The van der Waals surface area contributed by atoms with Gasteiger partial charge in [0, 0.05) is 39.7 Å². The summed E-state index contributed by atoms with van der Waals surface area (Å²) < 4.78 is 3.39. The van der Waals surface area contributed by atoms with Gasteiger partial charge in [-0.15, -0.1) is 0 Å². The third kappa shape index (κ3) is 2.20. The summed E-state index contributed by atoms with van der Waals surface area (Å²) in [6, 6.07) is 0. The minimum Gasteiger partial charge on any atom is -0.396 e. The molecule has 18 heavy (non-hydrogen) atoms. The van der Waals surface area contributed by atoms with Crippen molar-refractivity contribution >= 4 is 11.6 Å². The van der Waals surface area contributed by atoms with Crippen LogP contribution in [0.2, 0.25) is 0 Å². The lowest BCUT2D eigenvalue weighted by atomic mass is 10.3. The number of aromatic nitrogens is 4. The summed E-state index contributed by atoms with van der Waals surface area (Å²) in [6.07, 6.45) is 5.15.